The molecule has 0 aromatic heterocycles. The summed E-state index contributed by atoms with van der Waals surface area (Å²) in [5.41, 5.74) is 1.70. The van der Waals surface area contributed by atoms with Gasteiger partial charge in [-0.25, -0.2) is 12.7 Å². The smallest absolute Gasteiger partial charge is 0.248 e. The third-order valence-electron chi connectivity index (χ3n) is 4.07. The Hall–Kier alpha value is -2.84. The number of nitrogens with zero attached hydrogens (tertiary/aromatic N) is 1. The Bertz CT molecular complexity index is 998. The largest absolute Gasteiger partial charge is 0.497 e. The Morgan fingerprint density at radius 2 is 1.79 bits per heavy atom. The van der Waals surface area contributed by atoms with Gasteiger partial charge in [0.15, 0.2) is 0 Å². The van der Waals surface area contributed by atoms with Crippen LogP contribution in [0.5, 0.6) is 11.5 Å². The van der Waals surface area contributed by atoms with E-state index in [1.807, 2.05) is 0 Å². The highest BCUT2D eigenvalue weighted by Crippen LogP contribution is 2.26. The monoisotopic (exact) mass is 404 g/mol. The van der Waals surface area contributed by atoms with E-state index in [0.717, 1.165) is 4.31 Å². The van der Waals surface area contributed by atoms with E-state index in [1.165, 1.54) is 33.3 Å². The van der Waals surface area contributed by atoms with Crippen molar-refractivity contribution in [2.45, 2.75) is 11.8 Å². The molecule has 0 unspecified atom stereocenters. The summed E-state index contributed by atoms with van der Waals surface area (Å²) in [6, 6.07) is 10.0. The van der Waals surface area contributed by atoms with Crippen LogP contribution in [0.15, 0.2) is 47.4 Å². The molecule has 7 nitrogen and oxygen atoms in total. The molecule has 0 radical (unpaired) electrons. The summed E-state index contributed by atoms with van der Waals surface area (Å²) in [4.78, 5) is 12.4. The second-order valence-electron chi connectivity index (χ2n) is 6.20. The van der Waals surface area contributed by atoms with Crippen molar-refractivity contribution in [1.82, 2.24) is 4.31 Å². The molecule has 2 aromatic rings. The molecule has 0 saturated heterocycles. The van der Waals surface area contributed by atoms with Crippen molar-refractivity contribution in [3.05, 3.63) is 53.6 Å². The first kappa shape index (κ1) is 21.5. The molecule has 0 atom stereocenters. The fourth-order valence-corrected chi connectivity index (χ4v) is 3.60. The zero-order valence-corrected chi connectivity index (χ0v) is 17.3. The number of aryl methyl sites for hydroxylation is 1. The molecular formula is C20H24N2O5S. The number of ether oxygens (including phenoxy) is 2. The maximum atomic E-state index is 12.4. The van der Waals surface area contributed by atoms with Gasteiger partial charge in [0.25, 0.3) is 0 Å². The van der Waals surface area contributed by atoms with Crippen LogP contribution < -0.4 is 14.8 Å². The average Bonchev–Trinajstić information content (AvgIpc) is 2.67. The number of hydrogen-bond acceptors (Lipinski definition) is 5. The van der Waals surface area contributed by atoms with Crippen molar-refractivity contribution in [2.75, 3.05) is 33.6 Å². The molecule has 28 heavy (non-hydrogen) atoms. The number of methoxy groups -OCH3 is 2. The van der Waals surface area contributed by atoms with Gasteiger partial charge in [0.05, 0.1) is 19.1 Å². The molecule has 0 saturated carbocycles. The molecule has 0 bridgehead atoms. The van der Waals surface area contributed by atoms with Crippen LogP contribution in [0.25, 0.3) is 6.08 Å². The number of carbonyl (C=O) groups excluding carboxylic acids is 1. The minimum absolute atomic E-state index is 0.149. The lowest BCUT2D eigenvalue weighted by Crippen LogP contribution is -2.23. The van der Waals surface area contributed by atoms with Crippen LogP contribution >= 0.6 is 0 Å². The minimum atomic E-state index is -3.60. The normalized spacial score (nSPS) is 11.6. The first-order valence-electron chi connectivity index (χ1n) is 8.43. The molecule has 150 valence electrons. The van der Waals surface area contributed by atoms with E-state index in [0.29, 0.717) is 28.3 Å². The van der Waals surface area contributed by atoms with Gasteiger partial charge in [-0.05, 0) is 42.8 Å². The van der Waals surface area contributed by atoms with Crippen molar-refractivity contribution in [3.8, 4) is 11.5 Å². The lowest BCUT2D eigenvalue weighted by atomic mass is 10.1. The molecule has 0 heterocycles. The highest BCUT2D eigenvalue weighted by Gasteiger charge is 2.20. The Kier molecular flexibility index (Phi) is 6.82. The maximum Gasteiger partial charge on any atom is 0.248 e. The first-order chi connectivity index (χ1) is 13.2. The summed E-state index contributed by atoms with van der Waals surface area (Å²) in [6.07, 6.45) is 2.96. The zero-order chi connectivity index (χ0) is 20.9. The van der Waals surface area contributed by atoms with E-state index >= 15 is 0 Å². The summed E-state index contributed by atoms with van der Waals surface area (Å²) in [5, 5.41) is 2.68. The van der Waals surface area contributed by atoms with Crippen LogP contribution in [0.1, 0.15) is 11.1 Å². The molecular weight excluding hydrogens is 380 g/mol. The predicted octanol–water partition coefficient (Wildman–Crippen LogP) is 2.91. The van der Waals surface area contributed by atoms with Crippen molar-refractivity contribution < 1.29 is 22.7 Å². The number of carbonyl (C=O) groups is 1. The van der Waals surface area contributed by atoms with Crippen LogP contribution in [-0.4, -0.2) is 46.9 Å². The topological polar surface area (TPSA) is 84.9 Å². The Labute approximate surface area is 165 Å². The third-order valence-corrected chi connectivity index (χ3v) is 6.03. The van der Waals surface area contributed by atoms with Crippen LogP contribution in [-0.2, 0) is 14.8 Å². The third kappa shape index (κ3) is 4.90. The summed E-state index contributed by atoms with van der Waals surface area (Å²) < 4.78 is 36.4. The van der Waals surface area contributed by atoms with Crippen molar-refractivity contribution in [1.29, 1.82) is 0 Å². The highest BCUT2D eigenvalue weighted by atomic mass is 32.2. The fourth-order valence-electron chi connectivity index (χ4n) is 2.46. The second-order valence-corrected chi connectivity index (χ2v) is 8.32. The van der Waals surface area contributed by atoms with E-state index in [2.05, 4.69) is 5.32 Å². The first-order valence-corrected chi connectivity index (χ1v) is 9.87. The van der Waals surface area contributed by atoms with Gasteiger partial charge in [-0.3, -0.25) is 4.79 Å². The van der Waals surface area contributed by atoms with Gasteiger partial charge in [0.1, 0.15) is 11.5 Å². The lowest BCUT2D eigenvalue weighted by molar-refractivity contribution is -0.111. The SMILES string of the molecule is COc1ccc(/C=C/C(=O)Nc2ccc(C)c(S(=O)(=O)N(C)C)c2)c(OC)c1. The van der Waals surface area contributed by atoms with E-state index in [4.69, 9.17) is 9.47 Å². The Morgan fingerprint density at radius 3 is 2.39 bits per heavy atom. The number of nitrogens with one attached hydrogen (secondary N) is 1. The van der Waals surface area contributed by atoms with Gasteiger partial charge in [0.2, 0.25) is 15.9 Å². The van der Waals surface area contributed by atoms with Crippen LogP contribution in [0.2, 0.25) is 0 Å². The van der Waals surface area contributed by atoms with Crippen LogP contribution in [0, 0.1) is 6.92 Å². The van der Waals surface area contributed by atoms with Gasteiger partial charge < -0.3 is 14.8 Å². The Balaban J connectivity index is 2.21. The Morgan fingerprint density at radius 1 is 1.07 bits per heavy atom. The molecule has 1 amide bonds. The number of sulfonamides is 1. The molecule has 0 aliphatic rings. The van der Waals surface area contributed by atoms with Crippen LogP contribution in [0.4, 0.5) is 5.69 Å². The van der Waals surface area contributed by atoms with Crippen molar-refractivity contribution in [2.24, 2.45) is 0 Å². The average molecular weight is 404 g/mol. The highest BCUT2D eigenvalue weighted by molar-refractivity contribution is 7.89. The van der Waals surface area contributed by atoms with Gasteiger partial charge in [-0.15, -0.1) is 0 Å². The molecule has 2 rings (SSSR count). The summed E-state index contributed by atoms with van der Waals surface area (Å²) >= 11 is 0. The summed E-state index contributed by atoms with van der Waals surface area (Å²) in [5.74, 6) is 0.820. The molecule has 0 aliphatic carbocycles. The molecule has 0 spiro atoms. The molecule has 8 heteroatoms. The molecule has 2 aromatic carbocycles. The second kappa shape index (κ2) is 8.90. The lowest BCUT2D eigenvalue weighted by Gasteiger charge is -2.14. The van der Waals surface area contributed by atoms with Gasteiger partial charge in [0, 0.05) is 37.5 Å². The van der Waals surface area contributed by atoms with Crippen molar-refractivity contribution >= 4 is 27.7 Å². The van der Waals surface area contributed by atoms with Crippen molar-refractivity contribution in [3.63, 3.8) is 0 Å². The number of benzene rings is 2. The van der Waals surface area contributed by atoms with E-state index in [9.17, 15) is 13.2 Å². The number of hydrogen-bond donors (Lipinski definition) is 1. The van der Waals surface area contributed by atoms with Gasteiger partial charge in [-0.2, -0.15) is 0 Å². The van der Waals surface area contributed by atoms with E-state index in [1.54, 1.807) is 50.4 Å². The van der Waals surface area contributed by atoms with E-state index < -0.39 is 15.9 Å². The number of anilines is 1. The molecule has 0 fully saturated rings. The molecule has 1 N–H and O–H groups in total. The van der Waals surface area contributed by atoms with Gasteiger partial charge in [-0.1, -0.05) is 6.07 Å². The van der Waals surface area contributed by atoms with Gasteiger partial charge >= 0.3 is 0 Å². The number of rotatable bonds is 7. The standard InChI is InChI=1S/C20H24N2O5S/c1-14-6-9-16(12-19(14)28(24,25)22(2)3)21-20(23)11-8-15-7-10-17(26-4)13-18(15)27-5/h6-13H,1-5H3,(H,21,23)/b11-8+. The quantitative estimate of drug-likeness (QED) is 0.717. The minimum Gasteiger partial charge on any atom is -0.497 e. The zero-order valence-electron chi connectivity index (χ0n) is 16.5. The number of amides is 1. The maximum absolute atomic E-state index is 12.4. The predicted molar refractivity (Wildman–Crippen MR) is 109 cm³/mol. The summed E-state index contributed by atoms with van der Waals surface area (Å²) in [6.45, 7) is 1.71. The fraction of sp³-hybridized carbons (Fsp3) is 0.250. The summed E-state index contributed by atoms with van der Waals surface area (Å²) in [7, 11) is 2.42. The van der Waals surface area contributed by atoms with Crippen LogP contribution in [0.3, 0.4) is 0 Å². The molecule has 0 aliphatic heterocycles. The van der Waals surface area contributed by atoms with E-state index in [-0.39, 0.29) is 4.90 Å².